The zero-order valence-electron chi connectivity index (χ0n) is 11.5. The van der Waals surface area contributed by atoms with Gasteiger partial charge in [0.25, 0.3) is 0 Å². The number of aryl methyl sites for hydroxylation is 2. The first-order chi connectivity index (χ1) is 9.92. The molecule has 0 radical (unpaired) electrons. The molecule has 0 saturated carbocycles. The summed E-state index contributed by atoms with van der Waals surface area (Å²) >= 11 is 3.47. The zero-order valence-corrected chi connectivity index (χ0v) is 13.1. The van der Waals surface area contributed by atoms with E-state index in [1.807, 2.05) is 26.0 Å². The van der Waals surface area contributed by atoms with Gasteiger partial charge in [0.05, 0.1) is 0 Å². The molecule has 2 aromatic carbocycles. The van der Waals surface area contributed by atoms with Crippen molar-refractivity contribution in [3.05, 3.63) is 57.3 Å². The molecule has 0 unspecified atom stereocenters. The van der Waals surface area contributed by atoms with Crippen molar-refractivity contribution in [3.8, 4) is 11.5 Å². The van der Waals surface area contributed by atoms with E-state index in [0.717, 1.165) is 21.7 Å². The number of oxime groups is 1. The molecule has 2 rings (SSSR count). The van der Waals surface area contributed by atoms with Crippen molar-refractivity contribution in [2.24, 2.45) is 10.9 Å². The first-order valence-corrected chi connectivity index (χ1v) is 6.93. The van der Waals surface area contributed by atoms with E-state index < -0.39 is 5.82 Å². The Kier molecular flexibility index (Phi) is 4.47. The maximum absolute atomic E-state index is 14.0. The van der Waals surface area contributed by atoms with Crippen LogP contribution in [-0.2, 0) is 0 Å². The van der Waals surface area contributed by atoms with Crippen LogP contribution in [0.2, 0.25) is 0 Å². The van der Waals surface area contributed by atoms with Crippen LogP contribution >= 0.6 is 15.9 Å². The SMILES string of the molecule is Cc1cc(Oc2ccc(/C(N)=N/O)cc2F)cc(C)c1Br. The van der Waals surface area contributed by atoms with Gasteiger partial charge in [-0.05, 0) is 55.3 Å². The summed E-state index contributed by atoms with van der Waals surface area (Å²) < 4.78 is 20.5. The molecule has 3 N–H and O–H groups in total. The van der Waals surface area contributed by atoms with Crippen molar-refractivity contribution in [1.82, 2.24) is 0 Å². The Hall–Kier alpha value is -2.08. The maximum atomic E-state index is 14.0. The lowest BCUT2D eigenvalue weighted by Crippen LogP contribution is -2.13. The fourth-order valence-corrected chi connectivity index (χ4v) is 2.12. The van der Waals surface area contributed by atoms with Crippen LogP contribution in [-0.4, -0.2) is 11.0 Å². The predicted octanol–water partition coefficient (Wildman–Crippen LogP) is 4.09. The normalized spacial score (nSPS) is 11.5. The van der Waals surface area contributed by atoms with Crippen molar-refractivity contribution in [3.63, 3.8) is 0 Å². The Balaban J connectivity index is 2.32. The molecule has 0 heterocycles. The number of hydrogen-bond acceptors (Lipinski definition) is 3. The van der Waals surface area contributed by atoms with Crippen LogP contribution in [0.3, 0.4) is 0 Å². The van der Waals surface area contributed by atoms with Crippen LogP contribution < -0.4 is 10.5 Å². The van der Waals surface area contributed by atoms with E-state index in [-0.39, 0.29) is 17.1 Å². The van der Waals surface area contributed by atoms with Gasteiger partial charge in [0, 0.05) is 10.0 Å². The quantitative estimate of drug-likeness (QED) is 0.378. The van der Waals surface area contributed by atoms with Gasteiger partial charge in [0.15, 0.2) is 17.4 Å². The third-order valence-electron chi connectivity index (χ3n) is 2.97. The number of ether oxygens (including phenoxy) is 1. The number of rotatable bonds is 3. The van der Waals surface area contributed by atoms with E-state index in [1.54, 1.807) is 0 Å². The standard InChI is InChI=1S/C15H14BrFN2O2/c1-8-5-11(6-9(2)14(8)16)21-13-4-3-10(7-12(13)17)15(18)19-20/h3-7,20H,1-2H3,(H2,18,19). The van der Waals surface area contributed by atoms with Crippen LogP contribution in [0, 0.1) is 19.7 Å². The summed E-state index contributed by atoms with van der Waals surface area (Å²) in [6, 6.07) is 7.74. The Bertz CT molecular complexity index is 694. The number of benzene rings is 2. The molecule has 0 aliphatic rings. The number of amidine groups is 1. The first-order valence-electron chi connectivity index (χ1n) is 6.14. The molecule has 2 aromatic rings. The summed E-state index contributed by atoms with van der Waals surface area (Å²) in [5, 5.41) is 11.4. The van der Waals surface area contributed by atoms with E-state index in [4.69, 9.17) is 15.7 Å². The molecule has 4 nitrogen and oxygen atoms in total. The molecule has 110 valence electrons. The summed E-state index contributed by atoms with van der Waals surface area (Å²) in [4.78, 5) is 0. The molecule has 0 saturated heterocycles. The minimum Gasteiger partial charge on any atom is -0.454 e. The van der Waals surface area contributed by atoms with Crippen molar-refractivity contribution in [1.29, 1.82) is 0 Å². The smallest absolute Gasteiger partial charge is 0.170 e. The highest BCUT2D eigenvalue weighted by Crippen LogP contribution is 2.30. The highest BCUT2D eigenvalue weighted by atomic mass is 79.9. The van der Waals surface area contributed by atoms with Gasteiger partial charge in [-0.3, -0.25) is 0 Å². The lowest BCUT2D eigenvalue weighted by Gasteiger charge is -2.11. The Morgan fingerprint density at radius 1 is 1.24 bits per heavy atom. The average molecular weight is 353 g/mol. The molecule has 0 aromatic heterocycles. The van der Waals surface area contributed by atoms with Gasteiger partial charge in [-0.1, -0.05) is 21.1 Å². The number of halogens is 2. The van der Waals surface area contributed by atoms with Crippen molar-refractivity contribution < 1.29 is 14.3 Å². The second-order valence-electron chi connectivity index (χ2n) is 4.60. The van der Waals surface area contributed by atoms with Crippen LogP contribution in [0.5, 0.6) is 11.5 Å². The number of hydrogen-bond donors (Lipinski definition) is 2. The molecular weight excluding hydrogens is 339 g/mol. The monoisotopic (exact) mass is 352 g/mol. The number of nitrogens with zero attached hydrogens (tertiary/aromatic N) is 1. The van der Waals surface area contributed by atoms with Gasteiger partial charge in [-0.15, -0.1) is 0 Å². The van der Waals surface area contributed by atoms with Gasteiger partial charge < -0.3 is 15.7 Å². The highest BCUT2D eigenvalue weighted by Gasteiger charge is 2.10. The fraction of sp³-hybridized carbons (Fsp3) is 0.133. The average Bonchev–Trinajstić information content (AvgIpc) is 2.46. The van der Waals surface area contributed by atoms with Gasteiger partial charge in [0.1, 0.15) is 5.75 Å². The largest absolute Gasteiger partial charge is 0.454 e. The molecular formula is C15H14BrFN2O2. The molecule has 0 fully saturated rings. The fourth-order valence-electron chi connectivity index (χ4n) is 1.89. The molecule has 0 amide bonds. The van der Waals surface area contributed by atoms with Crippen LogP contribution in [0.4, 0.5) is 4.39 Å². The first kappa shape index (κ1) is 15.3. The second kappa shape index (κ2) is 6.13. The summed E-state index contributed by atoms with van der Waals surface area (Å²) in [7, 11) is 0. The Labute approximate surface area is 130 Å². The minimum atomic E-state index is -0.586. The molecule has 0 aliphatic heterocycles. The lowest BCUT2D eigenvalue weighted by molar-refractivity contribution is 0.318. The topological polar surface area (TPSA) is 67.8 Å². The van der Waals surface area contributed by atoms with Crippen LogP contribution in [0.25, 0.3) is 0 Å². The molecule has 21 heavy (non-hydrogen) atoms. The summed E-state index contributed by atoms with van der Waals surface area (Å²) in [6.07, 6.45) is 0. The van der Waals surface area contributed by atoms with Crippen LogP contribution in [0.15, 0.2) is 40.0 Å². The van der Waals surface area contributed by atoms with Crippen molar-refractivity contribution in [2.45, 2.75) is 13.8 Å². The Morgan fingerprint density at radius 2 is 1.86 bits per heavy atom. The van der Waals surface area contributed by atoms with E-state index in [1.165, 1.54) is 12.1 Å². The third kappa shape index (κ3) is 3.33. The molecule has 6 heteroatoms. The summed E-state index contributed by atoms with van der Waals surface area (Å²) in [6.45, 7) is 3.86. The second-order valence-corrected chi connectivity index (χ2v) is 5.40. The third-order valence-corrected chi connectivity index (χ3v) is 4.22. The summed E-state index contributed by atoms with van der Waals surface area (Å²) in [5.74, 6) is -0.123. The van der Waals surface area contributed by atoms with Gasteiger partial charge in [-0.25, -0.2) is 4.39 Å². The van der Waals surface area contributed by atoms with E-state index in [9.17, 15) is 4.39 Å². The van der Waals surface area contributed by atoms with E-state index in [0.29, 0.717) is 5.75 Å². The van der Waals surface area contributed by atoms with E-state index in [2.05, 4.69) is 21.1 Å². The zero-order chi connectivity index (χ0) is 15.6. The minimum absolute atomic E-state index is 0.0746. The highest BCUT2D eigenvalue weighted by molar-refractivity contribution is 9.10. The molecule has 0 atom stereocenters. The number of nitrogens with two attached hydrogens (primary N) is 1. The maximum Gasteiger partial charge on any atom is 0.170 e. The van der Waals surface area contributed by atoms with Crippen LogP contribution in [0.1, 0.15) is 16.7 Å². The van der Waals surface area contributed by atoms with E-state index >= 15 is 0 Å². The predicted molar refractivity (Wildman–Crippen MR) is 82.6 cm³/mol. The molecule has 0 spiro atoms. The van der Waals surface area contributed by atoms with Crippen molar-refractivity contribution >= 4 is 21.8 Å². The Morgan fingerprint density at radius 3 is 2.38 bits per heavy atom. The van der Waals surface area contributed by atoms with Crippen molar-refractivity contribution in [2.75, 3.05) is 0 Å². The molecule has 0 aliphatic carbocycles. The lowest BCUT2D eigenvalue weighted by atomic mass is 10.1. The van der Waals surface area contributed by atoms with Gasteiger partial charge in [0.2, 0.25) is 0 Å². The summed E-state index contributed by atoms with van der Waals surface area (Å²) in [5.41, 5.74) is 7.69. The molecule has 0 bridgehead atoms. The van der Waals surface area contributed by atoms with Gasteiger partial charge >= 0.3 is 0 Å². The van der Waals surface area contributed by atoms with Gasteiger partial charge in [-0.2, -0.15) is 0 Å².